The number of urea groups is 1. The van der Waals surface area contributed by atoms with Crippen LogP contribution in [-0.4, -0.2) is 11.0 Å². The van der Waals surface area contributed by atoms with Crippen LogP contribution in [0.5, 0.6) is 0 Å². The highest BCUT2D eigenvalue weighted by Gasteiger charge is 2.09. The van der Waals surface area contributed by atoms with Crippen molar-refractivity contribution in [2.75, 3.05) is 5.32 Å². The summed E-state index contributed by atoms with van der Waals surface area (Å²) in [6.07, 6.45) is 3.37. The van der Waals surface area contributed by atoms with Gasteiger partial charge in [0.2, 0.25) is 0 Å². The summed E-state index contributed by atoms with van der Waals surface area (Å²) in [5, 5.41) is 6.35. The molecule has 3 aromatic rings. The molecule has 2 N–H and O–H groups in total. The summed E-state index contributed by atoms with van der Waals surface area (Å²) in [6, 6.07) is 11.3. The lowest BCUT2D eigenvalue weighted by molar-refractivity contribution is 0.249. The molecular weight excluding hydrogens is 294 g/mol. The molecule has 1 aromatic carbocycles. The molecule has 116 valence electrons. The number of hydrogen-bond donors (Lipinski definition) is 2. The molecule has 0 spiro atoms. The molecule has 0 aliphatic heterocycles. The topological polar surface area (TPSA) is 84.2 Å². The van der Waals surface area contributed by atoms with E-state index in [0.717, 1.165) is 10.9 Å². The van der Waals surface area contributed by atoms with Crippen LogP contribution in [0.1, 0.15) is 18.5 Å². The maximum atomic E-state index is 12.1. The van der Waals surface area contributed by atoms with Crippen LogP contribution in [0.4, 0.5) is 10.5 Å². The van der Waals surface area contributed by atoms with Gasteiger partial charge in [-0.25, -0.2) is 9.59 Å². The van der Waals surface area contributed by atoms with Gasteiger partial charge in [0.1, 0.15) is 5.58 Å². The van der Waals surface area contributed by atoms with Gasteiger partial charge >= 0.3 is 11.7 Å². The van der Waals surface area contributed by atoms with Gasteiger partial charge < -0.3 is 15.1 Å². The van der Waals surface area contributed by atoms with E-state index in [1.54, 1.807) is 36.7 Å². The molecule has 0 saturated carbocycles. The van der Waals surface area contributed by atoms with E-state index in [0.29, 0.717) is 11.3 Å². The zero-order chi connectivity index (χ0) is 16.2. The molecule has 0 unspecified atom stereocenters. The van der Waals surface area contributed by atoms with Crippen LogP contribution in [-0.2, 0) is 0 Å². The van der Waals surface area contributed by atoms with E-state index >= 15 is 0 Å². The largest absolute Gasteiger partial charge is 0.423 e. The Morgan fingerprint density at radius 3 is 2.70 bits per heavy atom. The maximum Gasteiger partial charge on any atom is 0.336 e. The molecule has 3 rings (SSSR count). The van der Waals surface area contributed by atoms with Crippen molar-refractivity contribution in [3.63, 3.8) is 0 Å². The van der Waals surface area contributed by atoms with Gasteiger partial charge in [0.25, 0.3) is 0 Å². The van der Waals surface area contributed by atoms with Gasteiger partial charge in [0, 0.05) is 29.5 Å². The minimum absolute atomic E-state index is 0.142. The fraction of sp³-hybridized carbons (Fsp3) is 0.118. The summed E-state index contributed by atoms with van der Waals surface area (Å²) < 4.78 is 5.05. The minimum Gasteiger partial charge on any atom is -0.423 e. The van der Waals surface area contributed by atoms with Gasteiger partial charge in [0.15, 0.2) is 0 Å². The number of carbonyl (C=O) groups excluding carboxylic acids is 1. The molecule has 0 saturated heterocycles. The fourth-order valence-electron chi connectivity index (χ4n) is 2.25. The number of nitrogens with one attached hydrogen (secondary N) is 2. The Morgan fingerprint density at radius 2 is 1.91 bits per heavy atom. The molecule has 23 heavy (non-hydrogen) atoms. The number of rotatable bonds is 3. The molecule has 0 bridgehead atoms. The third-order valence-electron chi connectivity index (χ3n) is 3.43. The second kappa shape index (κ2) is 6.31. The lowest BCUT2D eigenvalue weighted by atomic mass is 10.1. The van der Waals surface area contributed by atoms with E-state index < -0.39 is 5.63 Å². The average molecular weight is 309 g/mol. The summed E-state index contributed by atoms with van der Waals surface area (Å²) in [5.74, 6) is 0. The number of hydrogen-bond acceptors (Lipinski definition) is 4. The zero-order valence-corrected chi connectivity index (χ0v) is 12.4. The highest BCUT2D eigenvalue weighted by atomic mass is 16.4. The third-order valence-corrected chi connectivity index (χ3v) is 3.43. The summed E-state index contributed by atoms with van der Waals surface area (Å²) in [4.78, 5) is 27.2. The van der Waals surface area contributed by atoms with Crippen LogP contribution in [0.3, 0.4) is 0 Å². The van der Waals surface area contributed by atoms with Crippen molar-refractivity contribution in [1.29, 1.82) is 0 Å². The number of aromatic nitrogens is 1. The molecule has 1 atom stereocenters. The van der Waals surface area contributed by atoms with Crippen molar-refractivity contribution in [3.05, 3.63) is 70.8 Å². The van der Waals surface area contributed by atoms with E-state index in [2.05, 4.69) is 15.6 Å². The van der Waals surface area contributed by atoms with Gasteiger partial charge in [-0.1, -0.05) is 0 Å². The van der Waals surface area contributed by atoms with Gasteiger partial charge in [-0.05, 0) is 48.9 Å². The van der Waals surface area contributed by atoms with E-state index in [4.69, 9.17) is 4.42 Å². The van der Waals surface area contributed by atoms with Crippen LogP contribution in [0.15, 0.2) is 64.1 Å². The first-order chi connectivity index (χ1) is 11.1. The van der Waals surface area contributed by atoms with Crippen molar-refractivity contribution in [2.24, 2.45) is 0 Å². The molecule has 6 nitrogen and oxygen atoms in total. The number of amides is 2. The standard InChI is InChI=1S/C17H15N3O3/c1-11(12-6-8-18-9-7-12)19-17(22)20-14-3-4-15-13(10-14)2-5-16(21)23-15/h2-11H,1H3,(H2,19,20,22)/t11-/m1/s1. The Balaban J connectivity index is 1.70. The lowest BCUT2D eigenvalue weighted by Gasteiger charge is -2.15. The maximum absolute atomic E-state index is 12.1. The average Bonchev–Trinajstić information content (AvgIpc) is 2.55. The number of anilines is 1. The molecule has 2 aromatic heterocycles. The summed E-state index contributed by atoms with van der Waals surface area (Å²) in [7, 11) is 0. The Kier molecular flexibility index (Phi) is 4.05. The highest BCUT2D eigenvalue weighted by Crippen LogP contribution is 2.18. The Morgan fingerprint density at radius 1 is 1.13 bits per heavy atom. The SMILES string of the molecule is C[C@@H](NC(=O)Nc1ccc2oc(=O)ccc2c1)c1ccncc1. The van der Waals surface area contributed by atoms with Crippen LogP contribution in [0, 0.1) is 0 Å². The first kappa shape index (κ1) is 14.8. The summed E-state index contributed by atoms with van der Waals surface area (Å²) in [5.41, 5.74) is 1.66. The van der Waals surface area contributed by atoms with Gasteiger partial charge in [-0.15, -0.1) is 0 Å². The van der Waals surface area contributed by atoms with Crippen molar-refractivity contribution in [2.45, 2.75) is 13.0 Å². The molecule has 2 heterocycles. The first-order valence-corrected chi connectivity index (χ1v) is 7.13. The molecule has 0 aliphatic rings. The molecule has 0 aliphatic carbocycles. The molecule has 2 amide bonds. The number of fused-ring (bicyclic) bond motifs is 1. The minimum atomic E-state index is -0.401. The molecule has 0 radical (unpaired) electrons. The second-order valence-corrected chi connectivity index (χ2v) is 5.11. The van der Waals surface area contributed by atoms with Crippen LogP contribution in [0.2, 0.25) is 0 Å². The Labute approximate surface area is 132 Å². The zero-order valence-electron chi connectivity index (χ0n) is 12.4. The Hall–Kier alpha value is -3.15. The van der Waals surface area contributed by atoms with E-state index in [1.165, 1.54) is 6.07 Å². The Bertz CT molecular complexity index is 890. The quantitative estimate of drug-likeness (QED) is 0.728. The van der Waals surface area contributed by atoms with Gasteiger partial charge in [0.05, 0.1) is 6.04 Å². The highest BCUT2D eigenvalue weighted by molar-refractivity contribution is 5.92. The van der Waals surface area contributed by atoms with E-state index in [1.807, 2.05) is 19.1 Å². The van der Waals surface area contributed by atoms with E-state index in [9.17, 15) is 9.59 Å². The van der Waals surface area contributed by atoms with Gasteiger partial charge in [-0.3, -0.25) is 4.98 Å². The van der Waals surface area contributed by atoms with Crippen molar-refractivity contribution >= 4 is 22.7 Å². The van der Waals surface area contributed by atoms with Crippen LogP contribution in [0.25, 0.3) is 11.0 Å². The van der Waals surface area contributed by atoms with E-state index in [-0.39, 0.29) is 12.1 Å². The summed E-state index contributed by atoms with van der Waals surface area (Å²) >= 11 is 0. The first-order valence-electron chi connectivity index (χ1n) is 7.13. The smallest absolute Gasteiger partial charge is 0.336 e. The molecule has 0 fully saturated rings. The van der Waals surface area contributed by atoms with Crippen molar-refractivity contribution < 1.29 is 9.21 Å². The fourth-order valence-corrected chi connectivity index (χ4v) is 2.25. The third kappa shape index (κ3) is 3.55. The predicted octanol–water partition coefficient (Wildman–Crippen LogP) is 3.07. The monoisotopic (exact) mass is 309 g/mol. The number of carbonyl (C=O) groups is 1. The normalized spacial score (nSPS) is 11.9. The van der Waals surface area contributed by atoms with Crippen molar-refractivity contribution in [1.82, 2.24) is 10.3 Å². The number of pyridine rings is 1. The predicted molar refractivity (Wildman–Crippen MR) is 87.3 cm³/mol. The molecular formula is C17H15N3O3. The van der Waals surface area contributed by atoms with Gasteiger partial charge in [-0.2, -0.15) is 0 Å². The van der Waals surface area contributed by atoms with Crippen LogP contribution >= 0.6 is 0 Å². The van der Waals surface area contributed by atoms with Crippen molar-refractivity contribution in [3.8, 4) is 0 Å². The van der Waals surface area contributed by atoms with Crippen LogP contribution < -0.4 is 16.3 Å². The number of nitrogens with zero attached hydrogens (tertiary/aromatic N) is 1. The number of benzene rings is 1. The summed E-state index contributed by atoms with van der Waals surface area (Å²) in [6.45, 7) is 1.89. The molecule has 6 heteroatoms. The lowest BCUT2D eigenvalue weighted by Crippen LogP contribution is -2.31. The second-order valence-electron chi connectivity index (χ2n) is 5.11.